The fourth-order valence-corrected chi connectivity index (χ4v) is 10.7. The van der Waals surface area contributed by atoms with Gasteiger partial charge in [-0.2, -0.15) is 9.97 Å². The van der Waals surface area contributed by atoms with Gasteiger partial charge in [-0.1, -0.05) is 24.8 Å². The number of unbranched alkanes of at least 4 members (excludes halogenated alkanes) is 3. The summed E-state index contributed by atoms with van der Waals surface area (Å²) in [6.07, 6.45) is 22.8. The summed E-state index contributed by atoms with van der Waals surface area (Å²) in [6.45, 7) is 5.40. The number of nitrogens with zero attached hydrogens (tertiary/aromatic N) is 6. The Kier molecular flexibility index (Phi) is 22.5. The number of primary amides is 1. The van der Waals surface area contributed by atoms with E-state index in [2.05, 4.69) is 52.4 Å². The molecule has 18 nitrogen and oxygen atoms in total. The van der Waals surface area contributed by atoms with Gasteiger partial charge in [-0.25, -0.2) is 8.78 Å². The molecule has 5 atom stereocenters. The molecule has 4 aliphatic rings. The van der Waals surface area contributed by atoms with Gasteiger partial charge in [0.1, 0.15) is 34.9 Å². The molecule has 0 spiro atoms. The number of phenolic OH excluding ortho intramolecular Hbond substituents is 1. The molecule has 0 radical (unpaired) electrons. The Hall–Kier alpha value is -7.18. The first-order valence-corrected chi connectivity index (χ1v) is 26.2. The monoisotopic (exact) mass is 1060 g/mol. The Morgan fingerprint density at radius 1 is 0.987 bits per heavy atom. The van der Waals surface area contributed by atoms with Crippen LogP contribution < -0.4 is 31.3 Å². The van der Waals surface area contributed by atoms with Crippen LogP contribution in [-0.4, -0.2) is 159 Å². The predicted molar refractivity (Wildman–Crippen MR) is 293 cm³/mol. The van der Waals surface area contributed by atoms with Gasteiger partial charge < -0.3 is 46.0 Å². The van der Waals surface area contributed by atoms with Crippen LogP contribution in [0.5, 0.6) is 11.8 Å². The molecule has 412 valence electrons. The summed E-state index contributed by atoms with van der Waals surface area (Å²) < 4.78 is 41.9. The summed E-state index contributed by atoms with van der Waals surface area (Å²) in [5, 5.41) is 21.0. The Bertz CT molecular complexity index is 2860. The first kappa shape index (κ1) is 59.1. The quantitative estimate of drug-likeness (QED) is 0.0321. The molecule has 5 unspecified atom stereocenters. The summed E-state index contributed by atoms with van der Waals surface area (Å²) in [4.78, 5) is 71.5. The molecule has 9 rings (SSSR count). The molecule has 0 saturated carbocycles. The molecule has 6 N–H and O–H groups in total. The largest absolute Gasteiger partial charge is 0.508 e. The predicted octanol–water partition coefficient (Wildman–Crippen LogP) is 6.43. The topological polar surface area (TPSA) is 235 Å². The molecule has 2 amide bonds. The number of rotatable bonds is 20. The third-order valence-electron chi connectivity index (χ3n) is 14.4. The second kappa shape index (κ2) is 29.4. The molecular weight excluding hydrogens is 991 g/mol. The Balaban J connectivity index is 0.000000202. The van der Waals surface area contributed by atoms with Crippen molar-refractivity contribution >= 4 is 64.4 Å². The normalized spacial score (nSPS) is 18.6. The number of fused-ring (bicyclic) bond motifs is 5. The standard InChI is InChI=1S/C26H21F2N5O2.C22H32N2O3.C8H16N2O2.CH3NO/c1-3-17-20(27)7-4-13-8-16(34)9-18(21(13)17)23-22(28)24-19(10-29-23)25(32-26(31-24)35-2)33-11-14-5-6-15(12-33)30-14;25-15-18-7-8-20(14-19(18)16-26)23-11-3-1-2-4-13-27-17-22-10-9-21-6-5-12-24(21)22;1-9-8(12)7(10(2)3)5-4-6-11;2-1-3/h1,4,7-10,14-15,30,34H,5-6,11-12H2,2H3;7-8,14-16,21-23H,1-6,9-13,17H2;6-7H,4-5H2,1-3H3,(H,9,12);1H,(H2,2,3). The molecule has 3 aromatic carbocycles. The highest BCUT2D eigenvalue weighted by atomic mass is 19.1. The van der Waals surface area contributed by atoms with E-state index in [1.165, 1.54) is 82.6 Å². The fraction of sp³-hybridized carbons (Fsp3) is 0.474. The average molecular weight is 1060 g/mol. The Morgan fingerprint density at radius 3 is 2.40 bits per heavy atom. The van der Waals surface area contributed by atoms with Gasteiger partial charge in [0.25, 0.3) is 0 Å². The Labute approximate surface area is 448 Å². The highest BCUT2D eigenvalue weighted by Crippen LogP contribution is 2.39. The summed E-state index contributed by atoms with van der Waals surface area (Å²) in [5.74, 6) is 1.38. The lowest BCUT2D eigenvalue weighted by atomic mass is 9.96. The van der Waals surface area contributed by atoms with E-state index < -0.39 is 11.6 Å². The number of anilines is 2. The number of benzene rings is 3. The number of aldehydes is 3. The van der Waals surface area contributed by atoms with E-state index in [1.54, 1.807) is 19.2 Å². The van der Waals surface area contributed by atoms with Gasteiger partial charge >= 0.3 is 6.01 Å². The van der Waals surface area contributed by atoms with Crippen molar-refractivity contribution in [2.75, 3.05) is 77.9 Å². The Morgan fingerprint density at radius 2 is 1.73 bits per heavy atom. The van der Waals surface area contributed by atoms with Crippen LogP contribution in [0, 0.1) is 24.0 Å². The van der Waals surface area contributed by atoms with E-state index in [4.69, 9.17) is 20.7 Å². The molecule has 2 bridgehead atoms. The summed E-state index contributed by atoms with van der Waals surface area (Å²) in [5.41, 5.74) is 6.00. The van der Waals surface area contributed by atoms with Gasteiger partial charge in [0.2, 0.25) is 12.3 Å². The molecule has 20 heteroatoms. The number of nitrogens with one attached hydrogen (secondary N) is 3. The number of ether oxygens (including phenoxy) is 2. The van der Waals surface area contributed by atoms with Crippen molar-refractivity contribution in [1.82, 2.24) is 35.4 Å². The van der Waals surface area contributed by atoms with Crippen LogP contribution >= 0.6 is 0 Å². The zero-order chi connectivity index (χ0) is 55.4. The second-order valence-electron chi connectivity index (χ2n) is 19.7. The number of terminal acetylenes is 1. The number of piperazine rings is 1. The number of amides is 2. The smallest absolute Gasteiger partial charge is 0.318 e. The number of aromatic hydroxyl groups is 1. The van der Waals surface area contributed by atoms with Crippen molar-refractivity contribution in [3.05, 3.63) is 77.0 Å². The van der Waals surface area contributed by atoms with Gasteiger partial charge in [0.15, 0.2) is 18.4 Å². The van der Waals surface area contributed by atoms with Crippen molar-refractivity contribution < 1.29 is 47.3 Å². The first-order chi connectivity index (χ1) is 37.3. The van der Waals surface area contributed by atoms with Crippen molar-refractivity contribution in [1.29, 1.82) is 0 Å². The SMILES string of the molecule is C#Cc1c(F)ccc2cc(O)cc(-c3ncc4c(N5CC6CCC(C5)N6)nc(OC)nc4c3F)c12.CNC(=O)C(CCC=O)N(C)C.NC=O.O=Cc1ccc(NCCCCCCOCC2CCC3CCCN32)cc1C=O. The number of nitrogens with two attached hydrogens (primary N) is 1. The van der Waals surface area contributed by atoms with Crippen LogP contribution in [-0.2, 0) is 19.1 Å². The van der Waals surface area contributed by atoms with Gasteiger partial charge in [-0.3, -0.25) is 34.0 Å². The molecule has 2 aromatic heterocycles. The molecule has 5 aromatic rings. The first-order valence-electron chi connectivity index (χ1n) is 26.2. The highest BCUT2D eigenvalue weighted by molar-refractivity contribution is 6.03. The highest BCUT2D eigenvalue weighted by Gasteiger charge is 2.37. The average Bonchev–Trinajstić information content (AvgIpc) is 4.19. The van der Waals surface area contributed by atoms with E-state index in [0.717, 1.165) is 82.8 Å². The zero-order valence-corrected chi connectivity index (χ0v) is 44.4. The van der Waals surface area contributed by atoms with Gasteiger partial charge in [-0.15, -0.1) is 6.42 Å². The lowest BCUT2D eigenvalue weighted by Gasteiger charge is -2.34. The minimum atomic E-state index is -0.735. The molecule has 77 heavy (non-hydrogen) atoms. The van der Waals surface area contributed by atoms with E-state index in [-0.39, 0.29) is 57.8 Å². The number of methoxy groups -OCH3 is 1. The fourth-order valence-electron chi connectivity index (χ4n) is 10.7. The van der Waals surface area contributed by atoms with E-state index in [0.29, 0.717) is 65.0 Å². The molecular formula is C57H72F2N10O8. The van der Waals surface area contributed by atoms with E-state index in [9.17, 15) is 28.7 Å². The second-order valence-corrected chi connectivity index (χ2v) is 19.7. The third kappa shape index (κ3) is 15.3. The number of hydrogen-bond donors (Lipinski definition) is 5. The minimum Gasteiger partial charge on any atom is -0.508 e. The zero-order valence-electron chi connectivity index (χ0n) is 44.4. The van der Waals surface area contributed by atoms with E-state index >= 15 is 4.39 Å². The molecule has 4 fully saturated rings. The molecule has 4 saturated heterocycles. The summed E-state index contributed by atoms with van der Waals surface area (Å²) in [7, 11) is 6.67. The van der Waals surface area contributed by atoms with Crippen molar-refractivity contribution in [3.8, 4) is 35.4 Å². The lowest BCUT2D eigenvalue weighted by molar-refractivity contribution is -0.125. The number of phenols is 1. The number of carbonyl (C=O) groups is 5. The maximum absolute atomic E-state index is 16.1. The minimum absolute atomic E-state index is 0.0258. The molecule has 6 heterocycles. The van der Waals surface area contributed by atoms with Crippen molar-refractivity contribution in [3.63, 3.8) is 0 Å². The summed E-state index contributed by atoms with van der Waals surface area (Å²) in [6, 6.07) is 12.8. The van der Waals surface area contributed by atoms with Crippen LogP contribution in [0.3, 0.4) is 0 Å². The summed E-state index contributed by atoms with van der Waals surface area (Å²) >= 11 is 0. The van der Waals surface area contributed by atoms with Crippen molar-refractivity contribution in [2.24, 2.45) is 5.73 Å². The maximum Gasteiger partial charge on any atom is 0.318 e. The van der Waals surface area contributed by atoms with Crippen LogP contribution in [0.15, 0.2) is 48.7 Å². The third-order valence-corrected chi connectivity index (χ3v) is 14.4. The van der Waals surface area contributed by atoms with Gasteiger partial charge in [0.05, 0.1) is 30.7 Å². The van der Waals surface area contributed by atoms with Crippen LogP contribution in [0.4, 0.5) is 20.3 Å². The number of aromatic nitrogens is 3. The number of pyridine rings is 1. The number of halogens is 2. The molecule has 0 aliphatic carbocycles. The van der Waals surface area contributed by atoms with Gasteiger partial charge in [-0.05, 0) is 120 Å². The lowest BCUT2D eigenvalue weighted by Crippen LogP contribution is -2.51. The number of carbonyl (C=O) groups excluding carboxylic acids is 5. The van der Waals surface area contributed by atoms with Crippen LogP contribution in [0.25, 0.3) is 32.9 Å². The van der Waals surface area contributed by atoms with Crippen LogP contribution in [0.2, 0.25) is 0 Å². The van der Waals surface area contributed by atoms with Crippen molar-refractivity contribution in [2.45, 2.75) is 107 Å². The number of likely N-dealkylation sites (N-methyl/N-ethyl adjacent to an activating group) is 2. The van der Waals surface area contributed by atoms with E-state index in [1.807, 2.05) is 25.1 Å². The van der Waals surface area contributed by atoms with Crippen LogP contribution in [0.1, 0.15) is 103 Å². The molecule has 4 aliphatic heterocycles. The number of hydrogen-bond acceptors (Lipinski definition) is 16. The van der Waals surface area contributed by atoms with Gasteiger partial charge in [0, 0.05) is 97.8 Å². The maximum atomic E-state index is 16.1.